The number of halogens is 4. The van der Waals surface area contributed by atoms with Gasteiger partial charge >= 0.3 is 6.18 Å². The normalized spacial score (nSPS) is 13.0. The number of benzene rings is 2. The number of fused-ring (bicyclic) bond motifs is 1. The molecule has 0 fully saturated rings. The maximum atomic E-state index is 13.6. The van der Waals surface area contributed by atoms with Crippen LogP contribution in [0, 0.1) is 0 Å². The Hall–Kier alpha value is -4.11. The monoisotopic (exact) mass is 537 g/mol. The third-order valence-electron chi connectivity index (χ3n) is 6.27. The Morgan fingerprint density at radius 2 is 1.87 bits per heavy atom. The zero-order chi connectivity index (χ0) is 26.7. The van der Waals surface area contributed by atoms with Crippen molar-refractivity contribution in [2.24, 2.45) is 0 Å². The van der Waals surface area contributed by atoms with Gasteiger partial charge in [0.2, 0.25) is 0 Å². The van der Waals surface area contributed by atoms with E-state index in [2.05, 4.69) is 20.6 Å². The van der Waals surface area contributed by atoms with Crippen LogP contribution in [0.5, 0.6) is 0 Å². The number of carbonyl (C=O) groups is 1. The first-order chi connectivity index (χ1) is 18.3. The second-order valence-corrected chi connectivity index (χ2v) is 9.30. The van der Waals surface area contributed by atoms with Crippen molar-refractivity contribution in [3.05, 3.63) is 107 Å². The maximum Gasteiger partial charge on any atom is 0.416 e. The smallest absolute Gasteiger partial charge is 0.367 e. The van der Waals surface area contributed by atoms with E-state index in [9.17, 15) is 18.0 Å². The third-order valence-corrected chi connectivity index (χ3v) is 6.51. The Morgan fingerprint density at radius 1 is 1.05 bits per heavy atom. The molecule has 0 atom stereocenters. The van der Waals surface area contributed by atoms with Gasteiger partial charge in [0.05, 0.1) is 11.3 Å². The molecule has 2 N–H and O–H groups in total. The number of hydrogen-bond acceptors (Lipinski definition) is 5. The molecule has 5 rings (SSSR count). The lowest BCUT2D eigenvalue weighted by Crippen LogP contribution is -2.34. The predicted molar refractivity (Wildman–Crippen MR) is 141 cm³/mol. The molecule has 4 aromatic rings. The number of hydrogen-bond donors (Lipinski definition) is 2. The lowest BCUT2D eigenvalue weighted by molar-refractivity contribution is -0.138. The molecular formula is C28H23ClF3N5O. The van der Waals surface area contributed by atoms with Crippen molar-refractivity contribution < 1.29 is 18.0 Å². The van der Waals surface area contributed by atoms with Crippen LogP contribution in [0.4, 0.5) is 24.7 Å². The molecule has 3 heterocycles. The molecule has 0 saturated heterocycles. The van der Waals surface area contributed by atoms with Gasteiger partial charge in [0.15, 0.2) is 0 Å². The van der Waals surface area contributed by atoms with E-state index in [0.717, 1.165) is 22.8 Å². The molecule has 0 saturated carbocycles. The molecule has 0 aliphatic carbocycles. The average Bonchev–Trinajstić information content (AvgIpc) is 2.92. The van der Waals surface area contributed by atoms with Gasteiger partial charge in [0.25, 0.3) is 5.91 Å². The van der Waals surface area contributed by atoms with Gasteiger partial charge in [-0.15, -0.1) is 0 Å². The molecule has 1 aliphatic heterocycles. The Bertz CT molecular complexity index is 1450. The Morgan fingerprint density at radius 3 is 2.61 bits per heavy atom. The van der Waals surface area contributed by atoms with Crippen LogP contribution in [0.25, 0.3) is 11.1 Å². The predicted octanol–water partition coefficient (Wildman–Crippen LogP) is 6.18. The molecule has 38 heavy (non-hydrogen) atoms. The van der Waals surface area contributed by atoms with E-state index >= 15 is 0 Å². The van der Waals surface area contributed by atoms with Gasteiger partial charge < -0.3 is 15.5 Å². The van der Waals surface area contributed by atoms with Gasteiger partial charge in [-0.3, -0.25) is 9.78 Å². The van der Waals surface area contributed by atoms with Crippen LogP contribution < -0.4 is 15.5 Å². The van der Waals surface area contributed by atoms with Crippen LogP contribution in [0.1, 0.15) is 27.0 Å². The highest BCUT2D eigenvalue weighted by molar-refractivity contribution is 6.30. The second-order valence-electron chi connectivity index (χ2n) is 8.86. The Kier molecular flexibility index (Phi) is 7.20. The fraction of sp³-hybridized carbons (Fsp3) is 0.179. The molecule has 2 aromatic carbocycles. The second kappa shape index (κ2) is 10.7. The summed E-state index contributed by atoms with van der Waals surface area (Å²) in [5.41, 5.74) is 3.10. The summed E-state index contributed by atoms with van der Waals surface area (Å²) in [4.78, 5) is 23.0. The zero-order valence-corrected chi connectivity index (χ0v) is 20.9. The molecule has 0 spiro atoms. The lowest BCUT2D eigenvalue weighted by atomic mass is 10.0. The van der Waals surface area contributed by atoms with E-state index in [4.69, 9.17) is 11.6 Å². The highest BCUT2D eigenvalue weighted by Crippen LogP contribution is 2.37. The van der Waals surface area contributed by atoms with E-state index in [0.29, 0.717) is 36.7 Å². The number of rotatable bonds is 6. The van der Waals surface area contributed by atoms with Crippen LogP contribution in [0.2, 0.25) is 5.02 Å². The SMILES string of the molecule is O=C(NCc1cccnc1)c1ccc(-c2cnc3c(c2)N(Cc2cc(Cl)ccc2C(F)(F)F)CCN3)cc1. The largest absolute Gasteiger partial charge is 0.416 e. The highest BCUT2D eigenvalue weighted by atomic mass is 35.5. The molecule has 0 radical (unpaired) electrons. The number of nitrogens with one attached hydrogen (secondary N) is 2. The maximum absolute atomic E-state index is 13.6. The van der Waals surface area contributed by atoms with Crippen molar-refractivity contribution in [1.82, 2.24) is 15.3 Å². The van der Waals surface area contributed by atoms with Crippen LogP contribution >= 0.6 is 11.6 Å². The number of carbonyl (C=O) groups excluding carboxylic acids is 1. The molecule has 194 valence electrons. The summed E-state index contributed by atoms with van der Waals surface area (Å²) < 4.78 is 40.9. The minimum Gasteiger partial charge on any atom is -0.367 e. The fourth-order valence-electron chi connectivity index (χ4n) is 4.36. The van der Waals surface area contributed by atoms with Gasteiger partial charge in [-0.1, -0.05) is 29.8 Å². The van der Waals surface area contributed by atoms with Crippen molar-refractivity contribution >= 4 is 29.0 Å². The topological polar surface area (TPSA) is 70.2 Å². The molecule has 0 unspecified atom stereocenters. The highest BCUT2D eigenvalue weighted by Gasteiger charge is 2.34. The van der Waals surface area contributed by atoms with Crippen molar-refractivity contribution in [3.63, 3.8) is 0 Å². The number of anilines is 2. The van der Waals surface area contributed by atoms with Crippen molar-refractivity contribution in [2.45, 2.75) is 19.3 Å². The summed E-state index contributed by atoms with van der Waals surface area (Å²) >= 11 is 6.03. The van der Waals surface area contributed by atoms with Crippen molar-refractivity contribution in [1.29, 1.82) is 0 Å². The summed E-state index contributed by atoms with van der Waals surface area (Å²) in [6, 6.07) is 16.3. The van der Waals surface area contributed by atoms with Gasteiger partial charge in [0, 0.05) is 60.9 Å². The van der Waals surface area contributed by atoms with Gasteiger partial charge in [-0.05, 0) is 59.2 Å². The minimum atomic E-state index is -4.48. The van der Waals surface area contributed by atoms with E-state index < -0.39 is 11.7 Å². The van der Waals surface area contributed by atoms with Crippen molar-refractivity contribution in [2.75, 3.05) is 23.3 Å². The summed E-state index contributed by atoms with van der Waals surface area (Å²) in [6.07, 6.45) is 0.586. The summed E-state index contributed by atoms with van der Waals surface area (Å²) in [6.45, 7) is 1.45. The first-order valence-electron chi connectivity index (χ1n) is 11.9. The molecule has 1 amide bonds. The number of alkyl halides is 3. The first kappa shape index (κ1) is 25.5. The van der Waals surface area contributed by atoms with Gasteiger partial charge in [-0.25, -0.2) is 4.98 Å². The third kappa shape index (κ3) is 5.73. The standard InChI is InChI=1S/C28H23ClF3N5O/c29-23-7-8-24(28(30,31)32)22(12-23)17-37-11-10-34-26-25(37)13-21(16-35-26)19-3-5-20(6-4-19)27(38)36-15-18-2-1-9-33-14-18/h1-9,12-14,16H,10-11,15,17H2,(H,34,35)(H,36,38). The average molecular weight is 538 g/mol. The van der Waals surface area contributed by atoms with Crippen molar-refractivity contribution in [3.8, 4) is 11.1 Å². The molecule has 1 aliphatic rings. The van der Waals surface area contributed by atoms with Gasteiger partial charge in [-0.2, -0.15) is 13.2 Å². The number of amides is 1. The van der Waals surface area contributed by atoms with E-state index in [1.807, 2.05) is 35.2 Å². The molecular weight excluding hydrogens is 515 g/mol. The fourth-order valence-corrected chi connectivity index (χ4v) is 4.55. The Labute approximate surface area is 222 Å². The van der Waals surface area contributed by atoms with Crippen LogP contribution in [-0.2, 0) is 19.3 Å². The lowest BCUT2D eigenvalue weighted by Gasteiger charge is -2.32. The Balaban J connectivity index is 1.35. The number of nitrogens with zero attached hydrogens (tertiary/aromatic N) is 3. The minimum absolute atomic E-state index is 0.0330. The van der Waals surface area contributed by atoms with Crippen LogP contribution in [0.15, 0.2) is 79.3 Å². The quantitative estimate of drug-likeness (QED) is 0.307. The van der Waals surface area contributed by atoms with Crippen LogP contribution in [-0.4, -0.2) is 29.0 Å². The zero-order valence-electron chi connectivity index (χ0n) is 20.1. The number of pyridine rings is 2. The summed E-state index contributed by atoms with van der Waals surface area (Å²) in [5.74, 6) is 0.392. The number of aromatic nitrogens is 2. The molecule has 6 nitrogen and oxygen atoms in total. The summed E-state index contributed by atoms with van der Waals surface area (Å²) in [5, 5.41) is 6.32. The van der Waals surface area contributed by atoms with E-state index in [1.165, 1.54) is 12.1 Å². The van der Waals surface area contributed by atoms with Gasteiger partial charge in [0.1, 0.15) is 5.82 Å². The molecule has 2 aromatic heterocycles. The summed E-state index contributed by atoms with van der Waals surface area (Å²) in [7, 11) is 0. The first-order valence-corrected chi connectivity index (χ1v) is 12.3. The molecule has 10 heteroatoms. The van der Waals surface area contributed by atoms with E-state index in [-0.39, 0.29) is 23.0 Å². The van der Waals surface area contributed by atoms with Crippen LogP contribution in [0.3, 0.4) is 0 Å². The van der Waals surface area contributed by atoms with E-state index in [1.54, 1.807) is 30.7 Å². The molecule has 0 bridgehead atoms.